The number of benzene rings is 1. The summed E-state index contributed by atoms with van der Waals surface area (Å²) in [6, 6.07) is 7.70. The number of hydrogen-bond donors (Lipinski definition) is 3. The van der Waals surface area contributed by atoms with Gasteiger partial charge in [0.25, 0.3) is 0 Å². The second kappa shape index (κ2) is 8.80. The lowest BCUT2D eigenvalue weighted by atomic mass is 10.3. The second-order valence-corrected chi connectivity index (χ2v) is 7.90. The average Bonchev–Trinajstić information content (AvgIpc) is 3.11. The lowest BCUT2D eigenvalue weighted by molar-refractivity contribution is -0.114. The maximum atomic E-state index is 12.4. The van der Waals surface area contributed by atoms with Crippen LogP contribution in [0.25, 0.3) is 5.82 Å². The second-order valence-electron chi connectivity index (χ2n) is 6.14. The summed E-state index contributed by atoms with van der Waals surface area (Å²) in [5.74, 6) is 1.81. The summed E-state index contributed by atoms with van der Waals surface area (Å²) in [6.45, 7) is 3.75. The van der Waals surface area contributed by atoms with E-state index >= 15 is 0 Å². The number of imidazole rings is 1. The maximum absolute atomic E-state index is 12.4. The van der Waals surface area contributed by atoms with Crippen LogP contribution in [0.5, 0.6) is 0 Å². The van der Waals surface area contributed by atoms with Crippen LogP contribution in [0.1, 0.15) is 12.7 Å². The Morgan fingerprint density at radius 3 is 2.52 bits per heavy atom. The molecule has 0 spiro atoms. The number of hydrogen-bond acceptors (Lipinski definition) is 7. The normalized spacial score (nSPS) is 11.2. The molecule has 152 valence electrons. The van der Waals surface area contributed by atoms with Crippen LogP contribution in [-0.2, 0) is 14.8 Å². The highest BCUT2D eigenvalue weighted by molar-refractivity contribution is 7.89. The number of rotatable bonds is 8. The fraction of sp³-hybridized carbons (Fsp3) is 0.222. The summed E-state index contributed by atoms with van der Waals surface area (Å²) in [4.78, 5) is 23.6. The highest BCUT2D eigenvalue weighted by Gasteiger charge is 2.13. The van der Waals surface area contributed by atoms with Gasteiger partial charge in [0.05, 0.1) is 4.90 Å². The number of nitrogens with zero attached hydrogens (tertiary/aromatic N) is 4. The van der Waals surface area contributed by atoms with Crippen molar-refractivity contribution >= 4 is 27.4 Å². The van der Waals surface area contributed by atoms with E-state index in [4.69, 9.17) is 0 Å². The van der Waals surface area contributed by atoms with Crippen molar-refractivity contribution in [1.29, 1.82) is 0 Å². The molecule has 0 fully saturated rings. The maximum Gasteiger partial charge on any atom is 0.240 e. The number of carbonyl (C=O) groups is 1. The molecule has 10 nitrogen and oxygen atoms in total. The van der Waals surface area contributed by atoms with E-state index in [-0.39, 0.29) is 17.3 Å². The van der Waals surface area contributed by atoms with E-state index in [1.54, 1.807) is 18.5 Å². The first-order chi connectivity index (χ1) is 13.8. The highest BCUT2D eigenvalue weighted by atomic mass is 32.2. The summed E-state index contributed by atoms with van der Waals surface area (Å²) in [7, 11) is -3.66. The fourth-order valence-electron chi connectivity index (χ4n) is 2.58. The minimum absolute atomic E-state index is 0.117. The Labute approximate surface area is 168 Å². The number of amides is 1. The van der Waals surface area contributed by atoms with Gasteiger partial charge in [-0.3, -0.25) is 9.36 Å². The molecule has 0 aliphatic rings. The number of anilines is 2. The molecule has 0 unspecified atom stereocenters. The molecule has 0 aliphatic carbocycles. The van der Waals surface area contributed by atoms with Crippen molar-refractivity contribution in [3.8, 4) is 5.82 Å². The van der Waals surface area contributed by atoms with Crippen LogP contribution in [-0.4, -0.2) is 46.9 Å². The van der Waals surface area contributed by atoms with Crippen LogP contribution in [0.15, 0.2) is 53.9 Å². The number of aromatic nitrogens is 4. The first kappa shape index (κ1) is 20.4. The van der Waals surface area contributed by atoms with Gasteiger partial charge in [0.15, 0.2) is 0 Å². The van der Waals surface area contributed by atoms with Gasteiger partial charge in [-0.05, 0) is 31.2 Å². The smallest absolute Gasteiger partial charge is 0.240 e. The Bertz CT molecular complexity index is 1090. The molecule has 3 N–H and O–H groups in total. The lowest BCUT2D eigenvalue weighted by Crippen LogP contribution is -2.29. The molecule has 0 bridgehead atoms. The third-order valence-electron chi connectivity index (χ3n) is 3.93. The van der Waals surface area contributed by atoms with Crippen molar-refractivity contribution in [3.63, 3.8) is 0 Å². The number of aryl methyl sites for hydroxylation is 1. The van der Waals surface area contributed by atoms with Crippen molar-refractivity contribution in [2.75, 3.05) is 23.7 Å². The summed E-state index contributed by atoms with van der Waals surface area (Å²) < 4.78 is 29.1. The molecule has 3 rings (SSSR count). The van der Waals surface area contributed by atoms with Gasteiger partial charge >= 0.3 is 0 Å². The van der Waals surface area contributed by atoms with Gasteiger partial charge in [-0.2, -0.15) is 0 Å². The van der Waals surface area contributed by atoms with Crippen molar-refractivity contribution in [3.05, 3.63) is 54.9 Å². The monoisotopic (exact) mass is 415 g/mol. The molecule has 29 heavy (non-hydrogen) atoms. The van der Waals surface area contributed by atoms with Gasteiger partial charge in [0.1, 0.15) is 23.8 Å². The number of nitrogens with one attached hydrogen (secondary N) is 3. The van der Waals surface area contributed by atoms with E-state index in [0.29, 0.717) is 23.9 Å². The SMILES string of the molecule is CC(=O)Nc1ccc(S(=O)(=O)NCCNc2cc(-n3ccnc3C)ncn2)cc1. The summed E-state index contributed by atoms with van der Waals surface area (Å²) in [6.07, 6.45) is 4.91. The van der Waals surface area contributed by atoms with Crippen molar-refractivity contribution in [2.24, 2.45) is 0 Å². The van der Waals surface area contributed by atoms with Crippen molar-refractivity contribution in [2.45, 2.75) is 18.7 Å². The zero-order chi connectivity index (χ0) is 20.9. The number of carbonyl (C=O) groups excluding carboxylic acids is 1. The molecule has 0 aliphatic heterocycles. The van der Waals surface area contributed by atoms with Crippen LogP contribution in [0.2, 0.25) is 0 Å². The molecule has 0 atom stereocenters. The summed E-state index contributed by atoms with van der Waals surface area (Å²) >= 11 is 0. The molecule has 3 aromatic rings. The van der Waals surface area contributed by atoms with Crippen LogP contribution in [0.4, 0.5) is 11.5 Å². The molecule has 0 radical (unpaired) electrons. The van der Waals surface area contributed by atoms with Gasteiger partial charge < -0.3 is 10.6 Å². The van der Waals surface area contributed by atoms with E-state index in [1.807, 2.05) is 11.5 Å². The predicted octanol–water partition coefficient (Wildman–Crippen LogP) is 1.32. The van der Waals surface area contributed by atoms with Gasteiger partial charge in [0.2, 0.25) is 15.9 Å². The van der Waals surface area contributed by atoms with E-state index < -0.39 is 10.0 Å². The summed E-state index contributed by atoms with van der Waals surface area (Å²) in [5, 5.41) is 5.65. The largest absolute Gasteiger partial charge is 0.369 e. The molecule has 0 saturated carbocycles. The third kappa shape index (κ3) is 5.36. The minimum atomic E-state index is -3.66. The van der Waals surface area contributed by atoms with Gasteiger partial charge in [-0.25, -0.2) is 28.1 Å². The molecular weight excluding hydrogens is 394 g/mol. The Morgan fingerprint density at radius 1 is 1.10 bits per heavy atom. The molecule has 2 heterocycles. The standard InChI is InChI=1S/C18H21N7O3S/c1-13-19-9-10-25(13)18-11-17(21-12-22-18)20-7-8-23-29(27,28)16-5-3-15(4-6-16)24-14(2)26/h3-6,9-12,23H,7-8H2,1-2H3,(H,24,26)(H,20,21,22). The Morgan fingerprint density at radius 2 is 1.86 bits per heavy atom. The Kier molecular flexibility index (Phi) is 6.20. The third-order valence-corrected chi connectivity index (χ3v) is 5.41. The Hall–Kier alpha value is -3.31. The van der Waals surface area contributed by atoms with Crippen LogP contribution < -0.4 is 15.4 Å². The first-order valence-corrected chi connectivity index (χ1v) is 10.3. The average molecular weight is 415 g/mol. The quantitative estimate of drug-likeness (QED) is 0.473. The van der Waals surface area contributed by atoms with Gasteiger partial charge in [0, 0.05) is 44.2 Å². The van der Waals surface area contributed by atoms with Crippen molar-refractivity contribution < 1.29 is 13.2 Å². The first-order valence-electron chi connectivity index (χ1n) is 8.79. The van der Waals surface area contributed by atoms with Crippen molar-refractivity contribution in [1.82, 2.24) is 24.2 Å². The molecule has 0 saturated heterocycles. The topological polar surface area (TPSA) is 131 Å². The minimum Gasteiger partial charge on any atom is -0.369 e. The predicted molar refractivity (Wildman–Crippen MR) is 108 cm³/mol. The highest BCUT2D eigenvalue weighted by Crippen LogP contribution is 2.14. The van der Waals surface area contributed by atoms with Gasteiger partial charge in [-0.15, -0.1) is 0 Å². The zero-order valence-corrected chi connectivity index (χ0v) is 16.8. The fourth-order valence-corrected chi connectivity index (χ4v) is 3.61. The van der Waals surface area contributed by atoms with Crippen LogP contribution in [0, 0.1) is 6.92 Å². The van der Waals surface area contributed by atoms with E-state index in [1.165, 1.54) is 37.5 Å². The zero-order valence-electron chi connectivity index (χ0n) is 16.0. The van der Waals surface area contributed by atoms with Gasteiger partial charge in [-0.1, -0.05) is 0 Å². The van der Waals surface area contributed by atoms with E-state index in [0.717, 1.165) is 5.82 Å². The van der Waals surface area contributed by atoms with Crippen LogP contribution >= 0.6 is 0 Å². The van der Waals surface area contributed by atoms with Crippen LogP contribution in [0.3, 0.4) is 0 Å². The van der Waals surface area contributed by atoms with E-state index in [9.17, 15) is 13.2 Å². The van der Waals surface area contributed by atoms with E-state index in [2.05, 4.69) is 30.3 Å². The molecule has 1 amide bonds. The lowest BCUT2D eigenvalue weighted by Gasteiger charge is -2.10. The molecule has 11 heteroatoms. The summed E-state index contributed by atoms with van der Waals surface area (Å²) in [5.41, 5.74) is 0.533. The molecular formula is C18H21N7O3S. The molecule has 1 aromatic carbocycles. The Balaban J connectivity index is 1.55. The molecule has 2 aromatic heterocycles. The number of sulfonamides is 1.